The van der Waals surface area contributed by atoms with Crippen molar-refractivity contribution >= 4 is 11.6 Å². The molecule has 1 saturated heterocycles. The molecule has 0 saturated carbocycles. The van der Waals surface area contributed by atoms with Crippen molar-refractivity contribution in [2.75, 3.05) is 18.5 Å². The molecule has 0 aliphatic carbocycles. The van der Waals surface area contributed by atoms with E-state index in [1.807, 2.05) is 48.5 Å². The monoisotopic (exact) mass is 460 g/mol. The van der Waals surface area contributed by atoms with Crippen molar-refractivity contribution < 1.29 is 24.5 Å². The van der Waals surface area contributed by atoms with E-state index in [0.717, 1.165) is 48.4 Å². The predicted octanol–water partition coefficient (Wildman–Crippen LogP) is 4.42. The van der Waals surface area contributed by atoms with Crippen LogP contribution in [0, 0.1) is 0 Å². The molecule has 3 aromatic rings. The summed E-state index contributed by atoms with van der Waals surface area (Å²) in [6.45, 7) is 2.61. The van der Waals surface area contributed by atoms with E-state index >= 15 is 0 Å². The lowest BCUT2D eigenvalue weighted by Gasteiger charge is -2.20. The van der Waals surface area contributed by atoms with Gasteiger partial charge in [0.15, 0.2) is 0 Å². The van der Waals surface area contributed by atoms with Crippen molar-refractivity contribution in [3.8, 4) is 17.2 Å². The average molecular weight is 461 g/mol. The molecule has 1 atom stereocenters. The van der Waals surface area contributed by atoms with Crippen LogP contribution in [-0.4, -0.2) is 40.3 Å². The second-order valence-corrected chi connectivity index (χ2v) is 8.73. The molecular formula is C27H28N2O5. The molecule has 34 heavy (non-hydrogen) atoms. The van der Waals surface area contributed by atoms with Crippen LogP contribution in [-0.2, 0) is 24.4 Å². The van der Waals surface area contributed by atoms with E-state index in [-0.39, 0.29) is 41.4 Å². The van der Waals surface area contributed by atoms with Crippen LogP contribution < -0.4 is 10.1 Å². The van der Waals surface area contributed by atoms with Crippen LogP contribution in [0.5, 0.6) is 17.2 Å². The molecule has 7 heteroatoms. The molecular weight excluding hydrogens is 432 g/mol. The number of nitrogens with zero attached hydrogens (tertiary/aromatic N) is 1. The second kappa shape index (κ2) is 9.65. The maximum absolute atomic E-state index is 13.5. The molecule has 0 bridgehead atoms. The van der Waals surface area contributed by atoms with Crippen molar-refractivity contribution in [2.45, 2.75) is 38.6 Å². The maximum Gasteiger partial charge on any atom is 0.262 e. The number of hydrogen-bond donors (Lipinski definition) is 3. The van der Waals surface area contributed by atoms with Gasteiger partial charge >= 0.3 is 0 Å². The van der Waals surface area contributed by atoms with Crippen LogP contribution in [0.25, 0.3) is 0 Å². The highest BCUT2D eigenvalue weighted by Crippen LogP contribution is 2.37. The number of carbonyl (C=O) groups is 1. The first kappa shape index (κ1) is 22.1. The highest BCUT2D eigenvalue weighted by atomic mass is 16.5. The molecule has 0 aromatic heterocycles. The molecule has 0 spiro atoms. The second-order valence-electron chi connectivity index (χ2n) is 8.73. The average Bonchev–Trinajstić information content (AvgIpc) is 3.51. The van der Waals surface area contributed by atoms with E-state index < -0.39 is 0 Å². The Balaban J connectivity index is 1.34. The lowest BCUT2D eigenvalue weighted by atomic mass is 10.1. The quantitative estimate of drug-likeness (QED) is 0.483. The topological polar surface area (TPSA) is 91.3 Å². The molecule has 2 aliphatic heterocycles. The number of benzene rings is 3. The van der Waals surface area contributed by atoms with Gasteiger partial charge in [0.25, 0.3) is 5.91 Å². The lowest BCUT2D eigenvalue weighted by molar-refractivity contribution is 0.0743. The van der Waals surface area contributed by atoms with Crippen LogP contribution in [0.4, 0.5) is 5.69 Å². The molecule has 5 rings (SSSR count). The van der Waals surface area contributed by atoms with Gasteiger partial charge in [0.1, 0.15) is 29.4 Å². The molecule has 1 amide bonds. The number of nitrogens with one attached hydrogen (secondary N) is 1. The summed E-state index contributed by atoms with van der Waals surface area (Å²) >= 11 is 0. The number of fused-ring (bicyclic) bond motifs is 1. The lowest BCUT2D eigenvalue weighted by Crippen LogP contribution is -2.26. The zero-order valence-corrected chi connectivity index (χ0v) is 18.9. The molecule has 2 aliphatic rings. The van der Waals surface area contributed by atoms with Gasteiger partial charge in [-0.05, 0) is 35.6 Å². The van der Waals surface area contributed by atoms with E-state index in [2.05, 4.69) is 5.32 Å². The number of hydrogen-bond acceptors (Lipinski definition) is 6. The van der Waals surface area contributed by atoms with Crippen LogP contribution in [0.3, 0.4) is 0 Å². The number of ether oxygens (including phenoxy) is 2. The molecule has 2 heterocycles. The Morgan fingerprint density at radius 1 is 1.09 bits per heavy atom. The van der Waals surface area contributed by atoms with Crippen molar-refractivity contribution in [3.63, 3.8) is 0 Å². The Labute approximate surface area is 198 Å². The van der Waals surface area contributed by atoms with Crippen LogP contribution in [0.2, 0.25) is 0 Å². The molecule has 3 N–H and O–H groups in total. The Kier molecular flexibility index (Phi) is 6.27. The van der Waals surface area contributed by atoms with Gasteiger partial charge in [-0.3, -0.25) is 4.79 Å². The number of carbonyl (C=O) groups excluding carboxylic acids is 1. The summed E-state index contributed by atoms with van der Waals surface area (Å²) in [6, 6.07) is 18.1. The summed E-state index contributed by atoms with van der Waals surface area (Å²) in [5.74, 6) is -0.663. The molecule has 176 valence electrons. The fourth-order valence-electron chi connectivity index (χ4n) is 4.57. The first-order valence-corrected chi connectivity index (χ1v) is 11.6. The van der Waals surface area contributed by atoms with Crippen molar-refractivity contribution in [2.24, 2.45) is 0 Å². The summed E-state index contributed by atoms with van der Waals surface area (Å²) in [5.41, 5.74) is 4.10. The molecule has 0 radical (unpaired) electrons. The largest absolute Gasteiger partial charge is 0.508 e. The highest BCUT2D eigenvalue weighted by molar-refractivity contribution is 6.00. The summed E-state index contributed by atoms with van der Waals surface area (Å²) in [7, 11) is 0. The zero-order chi connectivity index (χ0) is 23.5. The third kappa shape index (κ3) is 4.65. The van der Waals surface area contributed by atoms with Gasteiger partial charge in [0, 0.05) is 44.1 Å². The van der Waals surface area contributed by atoms with Gasteiger partial charge in [-0.25, -0.2) is 0 Å². The van der Waals surface area contributed by atoms with Crippen molar-refractivity contribution in [3.05, 3.63) is 82.9 Å². The fraction of sp³-hybridized carbons (Fsp3) is 0.296. The van der Waals surface area contributed by atoms with Gasteiger partial charge in [0.05, 0.1) is 6.10 Å². The third-order valence-corrected chi connectivity index (χ3v) is 6.33. The maximum atomic E-state index is 13.5. The molecule has 3 aromatic carbocycles. The van der Waals surface area contributed by atoms with Crippen LogP contribution in [0.15, 0.2) is 60.7 Å². The number of phenols is 2. The van der Waals surface area contributed by atoms with Gasteiger partial charge in [-0.15, -0.1) is 0 Å². The van der Waals surface area contributed by atoms with E-state index in [1.54, 1.807) is 4.90 Å². The Morgan fingerprint density at radius 2 is 1.94 bits per heavy atom. The van der Waals surface area contributed by atoms with Crippen LogP contribution in [0.1, 0.15) is 39.9 Å². The molecule has 7 nitrogen and oxygen atoms in total. The minimum atomic E-state index is -0.346. The first-order valence-electron chi connectivity index (χ1n) is 11.6. The number of rotatable bonds is 7. The normalized spacial score (nSPS) is 16.9. The molecule has 1 unspecified atom stereocenters. The fourth-order valence-corrected chi connectivity index (χ4v) is 4.57. The Morgan fingerprint density at radius 3 is 2.74 bits per heavy atom. The van der Waals surface area contributed by atoms with Gasteiger partial charge in [0.2, 0.25) is 0 Å². The van der Waals surface area contributed by atoms with Crippen LogP contribution >= 0.6 is 0 Å². The Hall–Kier alpha value is -3.71. The number of aromatic hydroxyl groups is 2. The van der Waals surface area contributed by atoms with Gasteiger partial charge in [-0.2, -0.15) is 0 Å². The highest BCUT2D eigenvalue weighted by Gasteiger charge is 2.30. The molecule has 1 fully saturated rings. The van der Waals surface area contributed by atoms with E-state index in [9.17, 15) is 15.0 Å². The third-order valence-electron chi connectivity index (χ3n) is 6.33. The SMILES string of the molecule is O=C(c1c(O)cc(O)cc1OCc1ccccc1)N1Cc2cccc(NCC3CCCO3)c2C1. The Bertz CT molecular complexity index is 1180. The standard InChI is InChI=1S/C27H28N2O5/c30-20-12-24(31)26(25(13-20)34-17-18-6-2-1-3-7-18)27(32)29-15-19-8-4-10-23(22(19)16-29)28-14-21-9-5-11-33-21/h1-4,6-8,10,12-13,21,28,30-31H,5,9,11,14-17H2. The van der Waals surface area contributed by atoms with Crippen molar-refractivity contribution in [1.82, 2.24) is 4.90 Å². The van der Waals surface area contributed by atoms with Gasteiger partial charge < -0.3 is 29.9 Å². The van der Waals surface area contributed by atoms with E-state index in [0.29, 0.717) is 13.1 Å². The van der Waals surface area contributed by atoms with Gasteiger partial charge in [-0.1, -0.05) is 42.5 Å². The summed E-state index contributed by atoms with van der Waals surface area (Å²) < 4.78 is 11.6. The minimum absolute atomic E-state index is 0.0513. The minimum Gasteiger partial charge on any atom is -0.508 e. The zero-order valence-electron chi connectivity index (χ0n) is 18.9. The van der Waals surface area contributed by atoms with E-state index in [1.165, 1.54) is 12.1 Å². The predicted molar refractivity (Wildman–Crippen MR) is 128 cm³/mol. The smallest absolute Gasteiger partial charge is 0.262 e. The van der Waals surface area contributed by atoms with Crippen molar-refractivity contribution in [1.29, 1.82) is 0 Å². The van der Waals surface area contributed by atoms with E-state index in [4.69, 9.17) is 9.47 Å². The summed E-state index contributed by atoms with van der Waals surface area (Å²) in [6.07, 6.45) is 2.36. The number of anilines is 1. The first-order chi connectivity index (χ1) is 16.6. The summed E-state index contributed by atoms with van der Waals surface area (Å²) in [4.78, 5) is 15.2. The summed E-state index contributed by atoms with van der Waals surface area (Å²) in [5, 5.41) is 24.1. The number of phenolic OH excluding ortho intramolecular Hbond substituents is 2. The number of amides is 1.